The highest BCUT2D eigenvalue weighted by atomic mass is 32.2. The summed E-state index contributed by atoms with van der Waals surface area (Å²) in [4.78, 5) is 7.81. The summed E-state index contributed by atoms with van der Waals surface area (Å²) in [6, 6.07) is 4.62. The largest absolute Gasteiger partial charge is 0.497 e. The van der Waals surface area contributed by atoms with Gasteiger partial charge in [-0.3, -0.25) is 0 Å². The Morgan fingerprint density at radius 3 is 2.50 bits per heavy atom. The molecule has 0 saturated carbocycles. The lowest BCUT2D eigenvalue weighted by Crippen LogP contribution is -2.26. The topological polar surface area (TPSA) is 90.4 Å². The Kier molecular flexibility index (Phi) is 5.29. The van der Waals surface area contributed by atoms with Crippen LogP contribution in [0.2, 0.25) is 0 Å². The van der Waals surface area contributed by atoms with Crippen molar-refractivity contribution in [1.29, 1.82) is 0 Å². The first-order valence-corrected chi connectivity index (χ1v) is 8.00. The third-order valence-electron chi connectivity index (χ3n) is 2.98. The number of methoxy groups -OCH3 is 2. The van der Waals surface area contributed by atoms with E-state index >= 15 is 0 Å². The molecule has 0 spiro atoms. The van der Waals surface area contributed by atoms with E-state index in [4.69, 9.17) is 9.47 Å². The molecule has 0 amide bonds. The van der Waals surface area contributed by atoms with Gasteiger partial charge in [0.05, 0.1) is 14.2 Å². The van der Waals surface area contributed by atoms with Crippen LogP contribution in [0.15, 0.2) is 41.8 Å². The first-order valence-electron chi connectivity index (χ1n) is 6.52. The minimum absolute atomic E-state index is 0.0404. The normalized spacial score (nSPS) is 11.2. The van der Waals surface area contributed by atoms with E-state index in [1.807, 2.05) is 0 Å². The Morgan fingerprint density at radius 1 is 1.14 bits per heavy atom. The van der Waals surface area contributed by atoms with Crippen LogP contribution in [-0.2, 0) is 16.4 Å². The number of aromatic nitrogens is 2. The molecule has 0 atom stereocenters. The van der Waals surface area contributed by atoms with E-state index in [1.165, 1.54) is 26.6 Å². The smallest absolute Gasteiger partial charge is 0.244 e. The minimum Gasteiger partial charge on any atom is -0.497 e. The molecular formula is C14H17N3O4S. The van der Waals surface area contributed by atoms with E-state index in [2.05, 4.69) is 14.7 Å². The predicted octanol–water partition coefficient (Wildman–Crippen LogP) is 1.01. The lowest BCUT2D eigenvalue weighted by Gasteiger charge is -2.12. The molecule has 0 unspecified atom stereocenters. The Balaban J connectivity index is 2.13. The highest BCUT2D eigenvalue weighted by Gasteiger charge is 2.20. The first kappa shape index (κ1) is 16.2. The second kappa shape index (κ2) is 7.19. The second-order valence-corrected chi connectivity index (χ2v) is 6.15. The molecule has 0 radical (unpaired) electrons. The Morgan fingerprint density at radius 2 is 1.86 bits per heavy atom. The number of ether oxygens (including phenoxy) is 2. The number of nitrogens with zero attached hydrogens (tertiary/aromatic N) is 2. The quantitative estimate of drug-likeness (QED) is 0.818. The molecule has 118 valence electrons. The predicted molar refractivity (Wildman–Crippen MR) is 80.5 cm³/mol. The van der Waals surface area contributed by atoms with Crippen molar-refractivity contribution in [3.63, 3.8) is 0 Å². The number of hydrogen-bond donors (Lipinski definition) is 1. The molecule has 8 heteroatoms. The highest BCUT2D eigenvalue weighted by Crippen LogP contribution is 2.27. The van der Waals surface area contributed by atoms with E-state index in [0.29, 0.717) is 12.2 Å². The first-order chi connectivity index (χ1) is 10.6. The molecule has 0 saturated heterocycles. The fourth-order valence-electron chi connectivity index (χ4n) is 1.86. The van der Waals surface area contributed by atoms with E-state index in [0.717, 1.165) is 5.56 Å². The lowest BCUT2D eigenvalue weighted by atomic mass is 10.2. The van der Waals surface area contributed by atoms with Crippen LogP contribution >= 0.6 is 0 Å². The minimum atomic E-state index is -3.70. The fraction of sp³-hybridized carbons (Fsp3) is 0.286. The van der Waals surface area contributed by atoms with Gasteiger partial charge in [-0.25, -0.2) is 23.1 Å². The molecule has 0 bridgehead atoms. The summed E-state index contributed by atoms with van der Waals surface area (Å²) in [5, 5.41) is 0. The third-order valence-corrected chi connectivity index (χ3v) is 4.46. The van der Waals surface area contributed by atoms with Crippen molar-refractivity contribution in [2.75, 3.05) is 20.8 Å². The summed E-state index contributed by atoms with van der Waals surface area (Å²) in [6.45, 7) is 0.232. The van der Waals surface area contributed by atoms with Gasteiger partial charge in [0.1, 0.15) is 22.7 Å². The number of benzene rings is 1. The number of rotatable bonds is 7. The number of sulfonamides is 1. The summed E-state index contributed by atoms with van der Waals surface area (Å²) in [6.07, 6.45) is 5.21. The number of hydrogen-bond acceptors (Lipinski definition) is 6. The van der Waals surface area contributed by atoms with Crippen LogP contribution in [0.5, 0.6) is 11.5 Å². The average molecular weight is 323 g/mol. The molecule has 1 heterocycles. The van der Waals surface area contributed by atoms with Crippen LogP contribution in [0.3, 0.4) is 0 Å². The molecule has 0 aliphatic carbocycles. The summed E-state index contributed by atoms with van der Waals surface area (Å²) in [5.74, 6) is 0.703. The zero-order valence-corrected chi connectivity index (χ0v) is 13.1. The molecular weight excluding hydrogens is 306 g/mol. The molecule has 7 nitrogen and oxygen atoms in total. The molecule has 2 aromatic rings. The van der Waals surface area contributed by atoms with Gasteiger partial charge in [-0.05, 0) is 24.1 Å². The average Bonchev–Trinajstić information content (AvgIpc) is 2.55. The van der Waals surface area contributed by atoms with Crippen molar-refractivity contribution >= 4 is 10.0 Å². The van der Waals surface area contributed by atoms with Crippen molar-refractivity contribution in [2.24, 2.45) is 0 Å². The van der Waals surface area contributed by atoms with E-state index in [1.54, 1.807) is 24.5 Å². The maximum atomic E-state index is 12.4. The van der Waals surface area contributed by atoms with Gasteiger partial charge in [-0.15, -0.1) is 0 Å². The molecule has 0 fully saturated rings. The van der Waals surface area contributed by atoms with Gasteiger partial charge in [0.2, 0.25) is 10.0 Å². The Bertz CT molecular complexity index is 720. The number of nitrogens with one attached hydrogen (secondary N) is 1. The SMILES string of the molecule is COc1ccc(OC)c(S(=O)(=O)NCCc2cncnc2)c1. The fourth-order valence-corrected chi connectivity index (χ4v) is 3.07. The lowest BCUT2D eigenvalue weighted by molar-refractivity contribution is 0.392. The van der Waals surface area contributed by atoms with Crippen LogP contribution in [-0.4, -0.2) is 39.2 Å². The Hall–Kier alpha value is -2.19. The van der Waals surface area contributed by atoms with Gasteiger partial charge in [0, 0.05) is 25.0 Å². The summed E-state index contributed by atoms with van der Waals surface area (Å²) in [7, 11) is -0.810. The molecule has 1 aromatic heterocycles. The summed E-state index contributed by atoms with van der Waals surface area (Å²) >= 11 is 0. The van der Waals surface area contributed by atoms with Gasteiger partial charge >= 0.3 is 0 Å². The summed E-state index contributed by atoms with van der Waals surface area (Å²) in [5.41, 5.74) is 0.850. The maximum Gasteiger partial charge on any atom is 0.244 e. The van der Waals surface area contributed by atoms with Gasteiger partial charge in [0.15, 0.2) is 0 Å². The van der Waals surface area contributed by atoms with Crippen molar-refractivity contribution in [1.82, 2.24) is 14.7 Å². The van der Waals surface area contributed by atoms with Crippen LogP contribution in [0.4, 0.5) is 0 Å². The summed E-state index contributed by atoms with van der Waals surface area (Å²) < 4.78 is 37.5. The highest BCUT2D eigenvalue weighted by molar-refractivity contribution is 7.89. The molecule has 0 aliphatic rings. The van der Waals surface area contributed by atoms with Crippen LogP contribution in [0, 0.1) is 0 Å². The zero-order chi connectivity index (χ0) is 16.0. The van der Waals surface area contributed by atoms with Crippen molar-refractivity contribution in [3.8, 4) is 11.5 Å². The van der Waals surface area contributed by atoms with Gasteiger partial charge in [-0.2, -0.15) is 0 Å². The van der Waals surface area contributed by atoms with E-state index in [-0.39, 0.29) is 17.2 Å². The van der Waals surface area contributed by atoms with Crippen molar-refractivity contribution < 1.29 is 17.9 Å². The third kappa shape index (κ3) is 3.92. The zero-order valence-electron chi connectivity index (χ0n) is 12.3. The molecule has 22 heavy (non-hydrogen) atoms. The van der Waals surface area contributed by atoms with Crippen LogP contribution in [0.25, 0.3) is 0 Å². The molecule has 1 N–H and O–H groups in total. The van der Waals surface area contributed by atoms with Crippen LogP contribution in [0.1, 0.15) is 5.56 Å². The Labute approximate surface area is 129 Å². The second-order valence-electron chi connectivity index (χ2n) is 4.41. The standard InChI is InChI=1S/C14H17N3O4S/c1-20-12-3-4-13(21-2)14(7-12)22(18,19)17-6-5-11-8-15-10-16-9-11/h3-4,7-10,17H,5-6H2,1-2H3. The maximum absolute atomic E-state index is 12.4. The van der Waals surface area contributed by atoms with Gasteiger partial charge < -0.3 is 9.47 Å². The van der Waals surface area contributed by atoms with Gasteiger partial charge in [-0.1, -0.05) is 0 Å². The van der Waals surface area contributed by atoms with Crippen molar-refractivity contribution in [2.45, 2.75) is 11.3 Å². The van der Waals surface area contributed by atoms with Crippen LogP contribution < -0.4 is 14.2 Å². The van der Waals surface area contributed by atoms with Crippen molar-refractivity contribution in [3.05, 3.63) is 42.5 Å². The van der Waals surface area contributed by atoms with Gasteiger partial charge in [0.25, 0.3) is 0 Å². The molecule has 2 rings (SSSR count). The molecule has 0 aliphatic heterocycles. The molecule has 1 aromatic carbocycles. The monoisotopic (exact) mass is 323 g/mol. The van der Waals surface area contributed by atoms with E-state index < -0.39 is 10.0 Å². The van der Waals surface area contributed by atoms with E-state index in [9.17, 15) is 8.42 Å².